The molecule has 2 aromatic rings. The lowest BCUT2D eigenvalue weighted by Gasteiger charge is -2.25. The number of amides is 3. The van der Waals surface area contributed by atoms with E-state index in [1.54, 1.807) is 0 Å². The maximum Gasteiger partial charge on any atom is 0.249 e. The van der Waals surface area contributed by atoms with E-state index < -0.39 is 17.9 Å². The highest BCUT2D eigenvalue weighted by molar-refractivity contribution is 6.02. The van der Waals surface area contributed by atoms with Crippen LogP contribution < -0.4 is 10.6 Å². The van der Waals surface area contributed by atoms with Crippen LogP contribution in [0.4, 0.5) is 0 Å². The lowest BCUT2D eigenvalue weighted by atomic mass is 9.90. The zero-order valence-electron chi connectivity index (χ0n) is 13.1. The molecule has 1 fully saturated rings. The number of benzene rings is 2. The minimum atomic E-state index is -0.676. The molecule has 0 aliphatic carbocycles. The SMILES string of the molecule is O=C1CCC(NC(=O)C(c2ccccc2)c2ccccc2)C(=O)N1. The van der Waals surface area contributed by atoms with Gasteiger partial charge in [0.15, 0.2) is 0 Å². The fourth-order valence-electron chi connectivity index (χ4n) is 2.87. The molecule has 5 nitrogen and oxygen atoms in total. The van der Waals surface area contributed by atoms with Gasteiger partial charge < -0.3 is 5.32 Å². The summed E-state index contributed by atoms with van der Waals surface area (Å²) in [5.74, 6) is -1.49. The van der Waals surface area contributed by atoms with E-state index in [0.29, 0.717) is 6.42 Å². The third-order valence-corrected chi connectivity index (χ3v) is 4.08. The quantitative estimate of drug-likeness (QED) is 0.842. The summed E-state index contributed by atoms with van der Waals surface area (Å²) >= 11 is 0. The van der Waals surface area contributed by atoms with Crippen molar-refractivity contribution in [2.45, 2.75) is 24.8 Å². The second-order valence-corrected chi connectivity index (χ2v) is 5.77. The Morgan fingerprint density at radius 3 is 2.00 bits per heavy atom. The molecule has 1 atom stereocenters. The lowest BCUT2D eigenvalue weighted by molar-refractivity contribution is -0.137. The summed E-state index contributed by atoms with van der Waals surface area (Å²) < 4.78 is 0. The summed E-state index contributed by atoms with van der Waals surface area (Å²) in [6.07, 6.45) is 0.560. The Morgan fingerprint density at radius 1 is 0.958 bits per heavy atom. The normalized spacial score (nSPS) is 17.5. The largest absolute Gasteiger partial charge is 0.343 e. The molecule has 122 valence electrons. The summed E-state index contributed by atoms with van der Waals surface area (Å²) in [6.45, 7) is 0. The second-order valence-electron chi connectivity index (χ2n) is 5.77. The van der Waals surface area contributed by atoms with Gasteiger partial charge in [-0.15, -0.1) is 0 Å². The van der Waals surface area contributed by atoms with Crippen LogP contribution in [0.2, 0.25) is 0 Å². The summed E-state index contributed by atoms with van der Waals surface area (Å²) in [5.41, 5.74) is 1.71. The maximum atomic E-state index is 12.9. The standard InChI is InChI=1S/C19H18N2O3/c22-16-12-11-15(18(23)21-16)20-19(24)17(13-7-3-1-4-8-13)14-9-5-2-6-10-14/h1-10,15,17H,11-12H2,(H,20,24)(H,21,22,23). The molecule has 5 heteroatoms. The third kappa shape index (κ3) is 3.51. The first-order valence-electron chi connectivity index (χ1n) is 7.89. The van der Waals surface area contributed by atoms with E-state index in [1.165, 1.54) is 0 Å². The molecule has 0 bridgehead atoms. The molecule has 2 N–H and O–H groups in total. The molecule has 0 spiro atoms. The third-order valence-electron chi connectivity index (χ3n) is 4.08. The Labute approximate surface area is 140 Å². The van der Waals surface area contributed by atoms with E-state index >= 15 is 0 Å². The molecule has 0 saturated carbocycles. The molecule has 24 heavy (non-hydrogen) atoms. The van der Waals surface area contributed by atoms with Crippen LogP contribution in [0, 0.1) is 0 Å². The van der Waals surface area contributed by atoms with Crippen LogP contribution in [0.5, 0.6) is 0 Å². The Balaban J connectivity index is 1.85. The molecule has 3 amide bonds. The minimum absolute atomic E-state index is 0.234. The molecule has 3 rings (SSSR count). The number of hydrogen-bond acceptors (Lipinski definition) is 3. The molecule has 0 aromatic heterocycles. The van der Waals surface area contributed by atoms with Crippen LogP contribution in [-0.4, -0.2) is 23.8 Å². The van der Waals surface area contributed by atoms with Crippen LogP contribution in [0.25, 0.3) is 0 Å². The number of piperidine rings is 1. The highest BCUT2D eigenvalue weighted by Gasteiger charge is 2.31. The number of hydrogen-bond donors (Lipinski definition) is 2. The molecule has 1 aliphatic heterocycles. The van der Waals surface area contributed by atoms with E-state index in [4.69, 9.17) is 0 Å². The molecule has 1 saturated heterocycles. The molecule has 1 aliphatic rings. The molecular formula is C19H18N2O3. The van der Waals surface area contributed by atoms with Crippen LogP contribution in [0.1, 0.15) is 29.9 Å². The maximum absolute atomic E-state index is 12.9. The Hall–Kier alpha value is -2.95. The first kappa shape index (κ1) is 15.9. The van der Waals surface area contributed by atoms with E-state index in [0.717, 1.165) is 11.1 Å². The first-order chi connectivity index (χ1) is 11.6. The molecule has 1 unspecified atom stereocenters. The van der Waals surface area contributed by atoms with Crippen LogP contribution in [-0.2, 0) is 14.4 Å². The van der Waals surface area contributed by atoms with Gasteiger partial charge >= 0.3 is 0 Å². The number of carbonyl (C=O) groups is 3. The van der Waals surface area contributed by atoms with Crippen molar-refractivity contribution < 1.29 is 14.4 Å². The monoisotopic (exact) mass is 322 g/mol. The number of nitrogens with one attached hydrogen (secondary N) is 2. The predicted molar refractivity (Wildman–Crippen MR) is 89.0 cm³/mol. The van der Waals surface area contributed by atoms with E-state index in [2.05, 4.69) is 10.6 Å². The fraction of sp³-hybridized carbons (Fsp3) is 0.211. The van der Waals surface area contributed by atoms with Gasteiger partial charge in [0.05, 0.1) is 5.92 Å². The van der Waals surface area contributed by atoms with Crippen LogP contribution in [0.3, 0.4) is 0 Å². The van der Waals surface area contributed by atoms with Crippen molar-refractivity contribution in [3.8, 4) is 0 Å². The minimum Gasteiger partial charge on any atom is -0.343 e. The summed E-state index contributed by atoms with van der Waals surface area (Å²) in [6, 6.07) is 18.2. The van der Waals surface area contributed by atoms with Crippen molar-refractivity contribution in [3.05, 3.63) is 71.8 Å². The Bertz CT molecular complexity index is 704. The van der Waals surface area contributed by atoms with Gasteiger partial charge in [-0.1, -0.05) is 60.7 Å². The van der Waals surface area contributed by atoms with Crippen LogP contribution >= 0.6 is 0 Å². The highest BCUT2D eigenvalue weighted by Crippen LogP contribution is 2.25. The van der Waals surface area contributed by atoms with E-state index in [9.17, 15) is 14.4 Å². The summed E-state index contributed by atoms with van der Waals surface area (Å²) in [5, 5.41) is 5.04. The van der Waals surface area contributed by atoms with Crippen molar-refractivity contribution in [1.29, 1.82) is 0 Å². The van der Waals surface area contributed by atoms with Gasteiger partial charge in [0.25, 0.3) is 0 Å². The number of imide groups is 1. The second kappa shape index (κ2) is 7.08. The van der Waals surface area contributed by atoms with Crippen molar-refractivity contribution in [1.82, 2.24) is 10.6 Å². The van der Waals surface area contributed by atoms with Crippen molar-refractivity contribution >= 4 is 17.7 Å². The van der Waals surface area contributed by atoms with Crippen LogP contribution in [0.15, 0.2) is 60.7 Å². The smallest absolute Gasteiger partial charge is 0.249 e. The van der Waals surface area contributed by atoms with Gasteiger partial charge in [-0.2, -0.15) is 0 Å². The summed E-state index contributed by atoms with van der Waals surface area (Å²) in [4.78, 5) is 36.0. The average Bonchev–Trinajstić information content (AvgIpc) is 2.60. The molecule has 1 heterocycles. The zero-order chi connectivity index (χ0) is 16.9. The van der Waals surface area contributed by atoms with Gasteiger partial charge in [-0.05, 0) is 17.5 Å². The number of rotatable bonds is 4. The summed E-state index contributed by atoms with van der Waals surface area (Å²) in [7, 11) is 0. The van der Waals surface area contributed by atoms with Gasteiger partial charge in [-0.3, -0.25) is 19.7 Å². The van der Waals surface area contributed by atoms with Crippen molar-refractivity contribution in [3.63, 3.8) is 0 Å². The molecular weight excluding hydrogens is 304 g/mol. The topological polar surface area (TPSA) is 75.3 Å². The average molecular weight is 322 g/mol. The van der Waals surface area contributed by atoms with Gasteiger partial charge in [0, 0.05) is 6.42 Å². The Kier molecular flexibility index (Phi) is 4.70. The van der Waals surface area contributed by atoms with Gasteiger partial charge in [0.2, 0.25) is 17.7 Å². The molecule has 2 aromatic carbocycles. The predicted octanol–water partition coefficient (Wildman–Crippen LogP) is 1.74. The van der Waals surface area contributed by atoms with Gasteiger partial charge in [0.1, 0.15) is 6.04 Å². The fourth-order valence-corrected chi connectivity index (χ4v) is 2.87. The van der Waals surface area contributed by atoms with E-state index in [-0.39, 0.29) is 18.2 Å². The van der Waals surface area contributed by atoms with E-state index in [1.807, 2.05) is 60.7 Å². The number of carbonyl (C=O) groups excluding carboxylic acids is 3. The Morgan fingerprint density at radius 2 is 1.50 bits per heavy atom. The zero-order valence-corrected chi connectivity index (χ0v) is 13.1. The van der Waals surface area contributed by atoms with Crippen molar-refractivity contribution in [2.75, 3.05) is 0 Å². The lowest BCUT2D eigenvalue weighted by Crippen LogP contribution is -2.53. The molecule has 0 radical (unpaired) electrons. The first-order valence-corrected chi connectivity index (χ1v) is 7.89. The van der Waals surface area contributed by atoms with Gasteiger partial charge in [-0.25, -0.2) is 0 Å². The highest BCUT2D eigenvalue weighted by atomic mass is 16.2. The van der Waals surface area contributed by atoms with Crippen molar-refractivity contribution in [2.24, 2.45) is 0 Å².